The first-order valence-corrected chi connectivity index (χ1v) is 7.09. The molecule has 0 amide bonds. The van der Waals surface area contributed by atoms with Crippen molar-refractivity contribution in [3.8, 4) is 5.75 Å². The fourth-order valence-corrected chi connectivity index (χ4v) is 2.80. The molecule has 0 saturated carbocycles. The fourth-order valence-electron chi connectivity index (χ4n) is 2.53. The van der Waals surface area contributed by atoms with Crippen LogP contribution in [0, 0.1) is 11.7 Å². The number of hydrogen-bond acceptors (Lipinski definition) is 3. The summed E-state index contributed by atoms with van der Waals surface area (Å²) in [5.41, 5.74) is 6.99. The second kappa shape index (κ2) is 8.03. The number of hydrogen-bond donors (Lipinski definition) is 2. The van der Waals surface area contributed by atoms with E-state index in [0.29, 0.717) is 17.5 Å². The van der Waals surface area contributed by atoms with E-state index in [1.54, 1.807) is 13.0 Å². The highest BCUT2D eigenvalue weighted by atomic mass is 35.5. The van der Waals surface area contributed by atoms with Crippen molar-refractivity contribution in [3.63, 3.8) is 0 Å². The van der Waals surface area contributed by atoms with Crippen molar-refractivity contribution in [2.45, 2.75) is 25.8 Å². The van der Waals surface area contributed by atoms with E-state index in [4.69, 9.17) is 22.1 Å². The predicted octanol–water partition coefficient (Wildman–Crippen LogP) is 3.30. The van der Waals surface area contributed by atoms with E-state index in [1.165, 1.54) is 6.07 Å². The third-order valence-electron chi connectivity index (χ3n) is 3.59. The maximum Gasteiger partial charge on any atom is 0.173 e. The monoisotopic (exact) mass is 322 g/mol. The van der Waals surface area contributed by atoms with Crippen molar-refractivity contribution >= 4 is 24.0 Å². The van der Waals surface area contributed by atoms with E-state index >= 15 is 0 Å². The minimum atomic E-state index is -0.436. The first-order chi connectivity index (χ1) is 9.13. The highest BCUT2D eigenvalue weighted by molar-refractivity contribution is 6.32. The summed E-state index contributed by atoms with van der Waals surface area (Å²) < 4.78 is 19.1. The van der Waals surface area contributed by atoms with Gasteiger partial charge in [0, 0.05) is 6.04 Å². The minimum Gasteiger partial charge on any atom is -0.489 e. The van der Waals surface area contributed by atoms with Gasteiger partial charge in [0.1, 0.15) is 0 Å². The van der Waals surface area contributed by atoms with Gasteiger partial charge in [-0.05, 0) is 56.5 Å². The molecule has 0 aliphatic carbocycles. The Bertz CT molecular complexity index is 416. The SMILES string of the molecule is CCOc1c(F)cc([C@H](N)C2CCNCC2)cc1Cl.Cl. The van der Waals surface area contributed by atoms with Crippen LogP contribution in [-0.2, 0) is 0 Å². The molecule has 1 fully saturated rings. The molecule has 3 nitrogen and oxygen atoms in total. The molecule has 0 unspecified atom stereocenters. The van der Waals surface area contributed by atoms with E-state index in [2.05, 4.69) is 5.32 Å². The van der Waals surface area contributed by atoms with Crippen molar-refractivity contribution in [2.24, 2.45) is 11.7 Å². The van der Waals surface area contributed by atoms with Gasteiger partial charge in [-0.2, -0.15) is 0 Å². The number of rotatable bonds is 4. The van der Waals surface area contributed by atoms with Crippen LogP contribution in [0.3, 0.4) is 0 Å². The number of piperidine rings is 1. The van der Waals surface area contributed by atoms with Crippen LogP contribution in [0.2, 0.25) is 5.02 Å². The largest absolute Gasteiger partial charge is 0.489 e. The van der Waals surface area contributed by atoms with Gasteiger partial charge in [0.25, 0.3) is 0 Å². The molecule has 1 aromatic rings. The Kier molecular flexibility index (Phi) is 7.03. The molecule has 0 aromatic heterocycles. The van der Waals surface area contributed by atoms with E-state index in [-0.39, 0.29) is 24.2 Å². The molecule has 1 aromatic carbocycles. The molecule has 1 atom stereocenters. The summed E-state index contributed by atoms with van der Waals surface area (Å²) in [4.78, 5) is 0. The lowest BCUT2D eigenvalue weighted by molar-refractivity contribution is 0.314. The number of benzene rings is 1. The maximum atomic E-state index is 13.9. The average molecular weight is 323 g/mol. The van der Waals surface area contributed by atoms with Crippen LogP contribution in [0.15, 0.2) is 12.1 Å². The Hall–Kier alpha value is -0.550. The Morgan fingerprint density at radius 3 is 2.65 bits per heavy atom. The zero-order valence-corrected chi connectivity index (χ0v) is 13.1. The molecular weight excluding hydrogens is 302 g/mol. The van der Waals surface area contributed by atoms with Gasteiger partial charge < -0.3 is 15.8 Å². The number of nitrogens with one attached hydrogen (secondary N) is 1. The van der Waals surface area contributed by atoms with Gasteiger partial charge >= 0.3 is 0 Å². The minimum absolute atomic E-state index is 0. The highest BCUT2D eigenvalue weighted by Gasteiger charge is 2.23. The fraction of sp³-hybridized carbons (Fsp3) is 0.571. The van der Waals surface area contributed by atoms with Crippen LogP contribution >= 0.6 is 24.0 Å². The number of nitrogens with two attached hydrogens (primary N) is 1. The predicted molar refractivity (Wildman–Crippen MR) is 82.3 cm³/mol. The van der Waals surface area contributed by atoms with Crippen molar-refractivity contribution in [2.75, 3.05) is 19.7 Å². The van der Waals surface area contributed by atoms with Crippen molar-refractivity contribution < 1.29 is 9.13 Å². The zero-order valence-electron chi connectivity index (χ0n) is 11.5. The number of halogens is 3. The molecule has 1 saturated heterocycles. The van der Waals surface area contributed by atoms with Crippen LogP contribution in [0.4, 0.5) is 4.39 Å². The average Bonchev–Trinajstić information content (AvgIpc) is 2.43. The molecule has 1 aliphatic rings. The molecule has 1 aliphatic heterocycles. The summed E-state index contributed by atoms with van der Waals surface area (Å²) in [5, 5.41) is 3.59. The molecule has 114 valence electrons. The smallest absolute Gasteiger partial charge is 0.173 e. The summed E-state index contributed by atoms with van der Waals surface area (Å²) in [6, 6.07) is 3.00. The summed E-state index contributed by atoms with van der Waals surface area (Å²) in [6.45, 7) is 4.11. The third-order valence-corrected chi connectivity index (χ3v) is 3.87. The van der Waals surface area contributed by atoms with Gasteiger partial charge in [-0.15, -0.1) is 12.4 Å². The lowest BCUT2D eigenvalue weighted by Crippen LogP contribution is -2.33. The van der Waals surface area contributed by atoms with Gasteiger partial charge in [0.15, 0.2) is 11.6 Å². The highest BCUT2D eigenvalue weighted by Crippen LogP contribution is 2.34. The summed E-state index contributed by atoms with van der Waals surface area (Å²) in [7, 11) is 0. The molecule has 0 spiro atoms. The molecule has 1 heterocycles. The topological polar surface area (TPSA) is 47.3 Å². The van der Waals surface area contributed by atoms with Crippen LogP contribution in [-0.4, -0.2) is 19.7 Å². The Morgan fingerprint density at radius 2 is 2.10 bits per heavy atom. The lowest BCUT2D eigenvalue weighted by atomic mass is 9.86. The normalized spacial score (nSPS) is 17.4. The molecular formula is C14H21Cl2FN2O. The molecule has 2 rings (SSSR count). The van der Waals surface area contributed by atoms with E-state index in [0.717, 1.165) is 31.5 Å². The molecule has 3 N–H and O–H groups in total. The third kappa shape index (κ3) is 3.98. The zero-order chi connectivity index (χ0) is 13.8. The van der Waals surface area contributed by atoms with Crippen LogP contribution in [0.25, 0.3) is 0 Å². The van der Waals surface area contributed by atoms with Gasteiger partial charge in [0.2, 0.25) is 0 Å². The van der Waals surface area contributed by atoms with E-state index in [1.807, 2.05) is 0 Å². The number of ether oxygens (including phenoxy) is 1. The van der Waals surface area contributed by atoms with Gasteiger partial charge in [-0.3, -0.25) is 0 Å². The second-order valence-electron chi connectivity index (χ2n) is 4.86. The summed E-state index contributed by atoms with van der Waals surface area (Å²) in [5.74, 6) is 0.0498. The molecule has 0 radical (unpaired) electrons. The molecule has 0 bridgehead atoms. The second-order valence-corrected chi connectivity index (χ2v) is 5.27. The van der Waals surface area contributed by atoms with Crippen LogP contribution in [0.5, 0.6) is 5.75 Å². The van der Waals surface area contributed by atoms with Crippen LogP contribution in [0.1, 0.15) is 31.4 Å². The molecule has 6 heteroatoms. The van der Waals surface area contributed by atoms with E-state index in [9.17, 15) is 4.39 Å². The first kappa shape index (κ1) is 17.5. The maximum absolute atomic E-state index is 13.9. The summed E-state index contributed by atoms with van der Waals surface area (Å²) in [6.07, 6.45) is 2.02. The van der Waals surface area contributed by atoms with Crippen LogP contribution < -0.4 is 15.8 Å². The first-order valence-electron chi connectivity index (χ1n) is 6.71. The quantitative estimate of drug-likeness (QED) is 0.894. The standard InChI is InChI=1S/C14H20ClFN2O.ClH/c1-2-19-14-11(15)7-10(8-12(14)16)13(17)9-3-5-18-6-4-9;/h7-9,13,18H,2-6,17H2,1H3;1H/t13-;/m1./s1. The van der Waals surface area contributed by atoms with Crippen molar-refractivity contribution in [1.82, 2.24) is 5.32 Å². The van der Waals surface area contributed by atoms with Crippen molar-refractivity contribution in [1.29, 1.82) is 0 Å². The Labute approximate surface area is 130 Å². The lowest BCUT2D eigenvalue weighted by Gasteiger charge is -2.28. The van der Waals surface area contributed by atoms with E-state index < -0.39 is 5.82 Å². The van der Waals surface area contributed by atoms with Crippen molar-refractivity contribution in [3.05, 3.63) is 28.5 Å². The molecule has 20 heavy (non-hydrogen) atoms. The van der Waals surface area contributed by atoms with Gasteiger partial charge in [0.05, 0.1) is 11.6 Å². The Balaban J connectivity index is 0.00000200. The summed E-state index contributed by atoms with van der Waals surface area (Å²) >= 11 is 6.06. The Morgan fingerprint density at radius 1 is 1.45 bits per heavy atom. The van der Waals surface area contributed by atoms with Gasteiger partial charge in [-0.25, -0.2) is 4.39 Å². The van der Waals surface area contributed by atoms with Gasteiger partial charge in [-0.1, -0.05) is 11.6 Å².